The van der Waals surface area contributed by atoms with Crippen LogP contribution >= 0.6 is 0 Å². The van der Waals surface area contributed by atoms with E-state index in [1.807, 2.05) is 56.3 Å². The van der Waals surface area contributed by atoms with Gasteiger partial charge in [0, 0.05) is 22.1 Å². The van der Waals surface area contributed by atoms with Gasteiger partial charge < -0.3 is 10.1 Å². The topological polar surface area (TPSA) is 55.4 Å². The van der Waals surface area contributed by atoms with E-state index < -0.39 is 10.8 Å². The van der Waals surface area contributed by atoms with E-state index in [9.17, 15) is 9.00 Å². The number of hydrogen-bond donors (Lipinski definition) is 1. The monoisotopic (exact) mass is 331 g/mol. The quantitative estimate of drug-likeness (QED) is 0.846. The number of para-hydroxylation sites is 2. The van der Waals surface area contributed by atoms with Gasteiger partial charge in [-0.25, -0.2) is 0 Å². The average Bonchev–Trinajstić information content (AvgIpc) is 2.49. The molecule has 0 unspecified atom stereocenters. The third-order valence-electron chi connectivity index (χ3n) is 3.00. The normalized spacial score (nSPS) is 12.0. The fourth-order valence-corrected chi connectivity index (χ4v) is 3.13. The van der Waals surface area contributed by atoms with Crippen LogP contribution < -0.4 is 10.1 Å². The number of amides is 1. The van der Waals surface area contributed by atoms with E-state index in [-0.39, 0.29) is 17.8 Å². The SMILES string of the molecule is CC(C)Oc1ccccc1C[S@](=O)CC(=O)Nc1ccccc1. The van der Waals surface area contributed by atoms with Crippen molar-refractivity contribution in [1.29, 1.82) is 0 Å². The van der Waals surface area contributed by atoms with Crippen molar-refractivity contribution >= 4 is 22.4 Å². The Morgan fingerprint density at radius 1 is 1.09 bits per heavy atom. The summed E-state index contributed by atoms with van der Waals surface area (Å²) >= 11 is 0. The maximum atomic E-state index is 12.2. The van der Waals surface area contributed by atoms with Crippen molar-refractivity contribution in [3.63, 3.8) is 0 Å². The molecule has 122 valence electrons. The van der Waals surface area contributed by atoms with Gasteiger partial charge in [-0.15, -0.1) is 0 Å². The van der Waals surface area contributed by atoms with Crippen LogP contribution in [0, 0.1) is 0 Å². The van der Waals surface area contributed by atoms with Gasteiger partial charge in [0.25, 0.3) is 0 Å². The van der Waals surface area contributed by atoms with Crippen LogP contribution in [-0.2, 0) is 21.3 Å². The van der Waals surface area contributed by atoms with E-state index in [2.05, 4.69) is 5.32 Å². The Hall–Kier alpha value is -2.14. The van der Waals surface area contributed by atoms with Crippen LogP contribution in [0.25, 0.3) is 0 Å². The molecule has 0 aliphatic rings. The Kier molecular flexibility index (Phi) is 6.35. The number of carbonyl (C=O) groups is 1. The summed E-state index contributed by atoms with van der Waals surface area (Å²) in [7, 11) is -1.29. The highest BCUT2D eigenvalue weighted by Gasteiger charge is 2.12. The molecule has 0 saturated heterocycles. The molecule has 1 amide bonds. The highest BCUT2D eigenvalue weighted by molar-refractivity contribution is 7.85. The van der Waals surface area contributed by atoms with Gasteiger partial charge in [-0.1, -0.05) is 36.4 Å². The molecule has 0 aliphatic carbocycles. The number of benzene rings is 2. The van der Waals surface area contributed by atoms with Crippen molar-refractivity contribution in [3.8, 4) is 5.75 Å². The molecule has 1 atom stereocenters. The zero-order valence-corrected chi connectivity index (χ0v) is 14.1. The number of rotatable bonds is 7. The molecular weight excluding hydrogens is 310 g/mol. The highest BCUT2D eigenvalue weighted by atomic mass is 32.2. The van der Waals surface area contributed by atoms with Crippen molar-refractivity contribution in [2.75, 3.05) is 11.1 Å². The zero-order chi connectivity index (χ0) is 16.7. The first-order chi connectivity index (χ1) is 11.0. The standard InChI is InChI=1S/C18H21NO3S/c1-14(2)22-17-11-7-6-8-15(17)12-23(21)13-18(20)19-16-9-4-3-5-10-16/h3-11,14H,12-13H2,1-2H3,(H,19,20)/t23-/m0/s1. The van der Waals surface area contributed by atoms with E-state index in [4.69, 9.17) is 4.74 Å². The molecule has 2 aromatic rings. The second-order valence-electron chi connectivity index (χ2n) is 5.42. The van der Waals surface area contributed by atoms with E-state index in [0.29, 0.717) is 11.4 Å². The summed E-state index contributed by atoms with van der Waals surface area (Å²) in [4.78, 5) is 11.9. The molecule has 5 heteroatoms. The van der Waals surface area contributed by atoms with Gasteiger partial charge in [0.15, 0.2) is 0 Å². The third-order valence-corrected chi connectivity index (χ3v) is 4.22. The molecule has 0 spiro atoms. The van der Waals surface area contributed by atoms with Crippen molar-refractivity contribution in [3.05, 3.63) is 60.2 Å². The molecule has 0 heterocycles. The second-order valence-corrected chi connectivity index (χ2v) is 6.87. The molecule has 0 fully saturated rings. The van der Waals surface area contributed by atoms with Gasteiger partial charge in [-0.2, -0.15) is 0 Å². The Labute approximate surface area is 139 Å². The summed E-state index contributed by atoms with van der Waals surface area (Å²) in [6, 6.07) is 16.6. The van der Waals surface area contributed by atoms with E-state index >= 15 is 0 Å². The minimum atomic E-state index is -1.29. The fraction of sp³-hybridized carbons (Fsp3) is 0.278. The molecular formula is C18H21NO3S. The molecule has 2 aromatic carbocycles. The van der Waals surface area contributed by atoms with Gasteiger partial charge in [-0.05, 0) is 32.0 Å². The minimum absolute atomic E-state index is 0.0368. The predicted octanol–water partition coefficient (Wildman–Crippen LogP) is 3.36. The lowest BCUT2D eigenvalue weighted by molar-refractivity contribution is -0.113. The molecule has 0 radical (unpaired) electrons. The summed E-state index contributed by atoms with van der Waals surface area (Å²) in [6.45, 7) is 3.89. The Morgan fingerprint density at radius 3 is 2.43 bits per heavy atom. The molecule has 4 nitrogen and oxygen atoms in total. The van der Waals surface area contributed by atoms with Crippen LogP contribution in [-0.4, -0.2) is 22.0 Å². The third kappa shape index (κ3) is 5.87. The molecule has 0 bridgehead atoms. The van der Waals surface area contributed by atoms with Crippen LogP contribution in [0.15, 0.2) is 54.6 Å². The zero-order valence-electron chi connectivity index (χ0n) is 13.3. The maximum absolute atomic E-state index is 12.2. The molecule has 23 heavy (non-hydrogen) atoms. The number of hydrogen-bond acceptors (Lipinski definition) is 3. The molecule has 2 rings (SSSR count). The van der Waals surface area contributed by atoms with Crippen LogP contribution in [0.4, 0.5) is 5.69 Å². The number of carbonyl (C=O) groups excluding carboxylic acids is 1. The lowest BCUT2D eigenvalue weighted by Gasteiger charge is -2.14. The van der Waals surface area contributed by atoms with Crippen LogP contribution in [0.3, 0.4) is 0 Å². The first kappa shape index (κ1) is 17.2. The van der Waals surface area contributed by atoms with E-state index in [1.54, 1.807) is 12.1 Å². The smallest absolute Gasteiger partial charge is 0.237 e. The number of ether oxygens (including phenoxy) is 1. The van der Waals surface area contributed by atoms with Crippen LogP contribution in [0.2, 0.25) is 0 Å². The van der Waals surface area contributed by atoms with Gasteiger partial charge in [-0.3, -0.25) is 9.00 Å². The summed E-state index contributed by atoms with van der Waals surface area (Å²) < 4.78 is 18.0. The van der Waals surface area contributed by atoms with E-state index in [0.717, 1.165) is 11.3 Å². The maximum Gasteiger partial charge on any atom is 0.237 e. The number of anilines is 1. The van der Waals surface area contributed by atoms with Gasteiger partial charge in [0.1, 0.15) is 11.5 Å². The van der Waals surface area contributed by atoms with Crippen molar-refractivity contribution < 1.29 is 13.7 Å². The summed E-state index contributed by atoms with van der Waals surface area (Å²) in [5.41, 5.74) is 1.56. The molecule has 0 aliphatic heterocycles. The lowest BCUT2D eigenvalue weighted by atomic mass is 10.2. The second kappa shape index (κ2) is 8.48. The van der Waals surface area contributed by atoms with Gasteiger partial charge in [0.05, 0.1) is 11.9 Å². The van der Waals surface area contributed by atoms with Gasteiger partial charge >= 0.3 is 0 Å². The first-order valence-corrected chi connectivity index (χ1v) is 8.98. The predicted molar refractivity (Wildman–Crippen MR) is 94.0 cm³/mol. The average molecular weight is 331 g/mol. The summed E-state index contributed by atoms with van der Waals surface area (Å²) in [6.07, 6.45) is 0.0472. The van der Waals surface area contributed by atoms with E-state index in [1.165, 1.54) is 0 Å². The first-order valence-electron chi connectivity index (χ1n) is 7.49. The fourth-order valence-electron chi connectivity index (χ4n) is 2.08. The molecule has 0 aromatic heterocycles. The Bertz CT molecular complexity index is 671. The van der Waals surface area contributed by atoms with Crippen molar-refractivity contribution in [1.82, 2.24) is 0 Å². The van der Waals surface area contributed by atoms with Crippen LogP contribution in [0.5, 0.6) is 5.75 Å². The highest BCUT2D eigenvalue weighted by Crippen LogP contribution is 2.21. The van der Waals surface area contributed by atoms with Crippen molar-refractivity contribution in [2.45, 2.75) is 25.7 Å². The minimum Gasteiger partial charge on any atom is -0.491 e. The van der Waals surface area contributed by atoms with Gasteiger partial charge in [0.2, 0.25) is 5.91 Å². The van der Waals surface area contributed by atoms with Crippen LogP contribution in [0.1, 0.15) is 19.4 Å². The molecule has 1 N–H and O–H groups in total. The number of nitrogens with one attached hydrogen (secondary N) is 1. The van der Waals surface area contributed by atoms with Crippen molar-refractivity contribution in [2.24, 2.45) is 0 Å². The largest absolute Gasteiger partial charge is 0.491 e. The molecule has 0 saturated carbocycles. The Morgan fingerprint density at radius 2 is 1.74 bits per heavy atom. The summed E-state index contributed by atoms with van der Waals surface area (Å²) in [5.74, 6) is 0.729. The lowest BCUT2D eigenvalue weighted by Crippen LogP contribution is -2.20. The summed E-state index contributed by atoms with van der Waals surface area (Å²) in [5, 5.41) is 2.74. The Balaban J connectivity index is 1.93.